The van der Waals surface area contributed by atoms with Crippen LogP contribution in [0.2, 0.25) is 0 Å². The summed E-state index contributed by atoms with van der Waals surface area (Å²) in [5.41, 5.74) is 3.42. The number of carboxylic acid groups (broad SMARTS) is 2. The molecule has 7 heteroatoms. The monoisotopic (exact) mass is 255 g/mol. The van der Waals surface area contributed by atoms with E-state index in [2.05, 4.69) is 0 Å². The minimum Gasteiger partial charge on any atom is -0.508 e. The molecule has 100 valence electrons. The summed E-state index contributed by atoms with van der Waals surface area (Å²) in [5, 5.41) is 25.1. The topological polar surface area (TPSA) is 121 Å². The first-order valence-corrected chi connectivity index (χ1v) is 4.74. The summed E-state index contributed by atoms with van der Waals surface area (Å²) in [4.78, 5) is 20.1. The van der Waals surface area contributed by atoms with Gasteiger partial charge in [0, 0.05) is 0 Å². The van der Waals surface area contributed by atoms with Crippen molar-refractivity contribution in [3.05, 3.63) is 30.3 Å². The average Bonchev–Trinajstić information content (AvgIpc) is 2.17. The molecule has 1 atom stereocenters. The molecule has 0 bridgehead atoms. The van der Waals surface area contributed by atoms with E-state index in [0.29, 0.717) is 5.75 Å². The van der Waals surface area contributed by atoms with Gasteiger partial charge in [-0.2, -0.15) is 0 Å². The van der Waals surface area contributed by atoms with E-state index in [9.17, 15) is 9.59 Å². The number of nitrogens with two attached hydrogens (primary N) is 1. The van der Waals surface area contributed by atoms with Crippen LogP contribution in [0.25, 0.3) is 0 Å². The molecular formula is C11H18BNO5. The maximum Gasteiger partial charge on any atom is 0.323 e. The van der Waals surface area contributed by atoms with Gasteiger partial charge in [-0.25, -0.2) is 0 Å². The van der Waals surface area contributed by atoms with Crippen LogP contribution >= 0.6 is 0 Å². The zero-order chi connectivity index (χ0) is 13.5. The van der Waals surface area contributed by atoms with E-state index in [0.717, 1.165) is 6.92 Å². The number of carbonyl (C=O) groups is 2. The van der Waals surface area contributed by atoms with Gasteiger partial charge in [-0.3, -0.25) is 9.59 Å². The summed E-state index contributed by atoms with van der Waals surface area (Å²) >= 11 is 0. The van der Waals surface area contributed by atoms with E-state index in [4.69, 9.17) is 21.1 Å². The SMILES string of the molecule is B.CC(N)(CC(=O)O)C(=O)O.Oc1ccccc1. The van der Waals surface area contributed by atoms with Crippen LogP contribution in [-0.2, 0) is 9.59 Å². The molecule has 0 saturated carbocycles. The molecule has 0 amide bonds. The van der Waals surface area contributed by atoms with Crippen LogP contribution in [-0.4, -0.2) is 41.2 Å². The summed E-state index contributed by atoms with van der Waals surface area (Å²) in [6.45, 7) is 1.16. The highest BCUT2D eigenvalue weighted by atomic mass is 16.4. The predicted octanol–water partition coefficient (Wildman–Crippen LogP) is -0.529. The summed E-state index contributed by atoms with van der Waals surface area (Å²) in [5.74, 6) is -2.20. The lowest BCUT2D eigenvalue weighted by Crippen LogP contribution is -2.46. The van der Waals surface area contributed by atoms with Crippen LogP contribution in [0.5, 0.6) is 5.75 Å². The van der Waals surface area contributed by atoms with E-state index in [1.165, 1.54) is 0 Å². The van der Waals surface area contributed by atoms with Gasteiger partial charge in [0.05, 0.1) is 14.8 Å². The third-order valence-corrected chi connectivity index (χ3v) is 1.76. The van der Waals surface area contributed by atoms with Gasteiger partial charge in [0.15, 0.2) is 0 Å². The molecular weight excluding hydrogens is 237 g/mol. The Morgan fingerprint density at radius 2 is 1.67 bits per heavy atom. The minimum absolute atomic E-state index is 0. The fourth-order valence-electron chi connectivity index (χ4n) is 0.818. The molecule has 0 aliphatic rings. The van der Waals surface area contributed by atoms with Crippen molar-refractivity contribution >= 4 is 20.4 Å². The number of aromatic hydroxyl groups is 1. The molecule has 0 spiro atoms. The molecule has 0 fully saturated rings. The first-order valence-electron chi connectivity index (χ1n) is 4.74. The molecule has 0 aliphatic carbocycles. The largest absolute Gasteiger partial charge is 0.508 e. The molecule has 0 radical (unpaired) electrons. The molecule has 1 unspecified atom stereocenters. The Morgan fingerprint density at radius 3 is 1.83 bits per heavy atom. The van der Waals surface area contributed by atoms with Crippen molar-refractivity contribution in [2.75, 3.05) is 0 Å². The Labute approximate surface area is 107 Å². The molecule has 0 aliphatic heterocycles. The van der Waals surface area contributed by atoms with Gasteiger partial charge in [-0.05, 0) is 19.1 Å². The molecule has 1 rings (SSSR count). The minimum atomic E-state index is -1.66. The van der Waals surface area contributed by atoms with Crippen molar-refractivity contribution in [3.8, 4) is 5.75 Å². The van der Waals surface area contributed by atoms with E-state index in [1.807, 2.05) is 6.07 Å². The highest BCUT2D eigenvalue weighted by molar-refractivity contribution is 5.84. The Hall–Kier alpha value is -2.02. The van der Waals surface area contributed by atoms with Gasteiger partial charge < -0.3 is 21.1 Å². The molecule has 1 aromatic rings. The number of hydrogen-bond acceptors (Lipinski definition) is 4. The predicted molar refractivity (Wildman–Crippen MR) is 70.5 cm³/mol. The number of benzene rings is 1. The van der Waals surface area contributed by atoms with E-state index in [-0.39, 0.29) is 8.41 Å². The lowest BCUT2D eigenvalue weighted by molar-refractivity contribution is -0.149. The number of para-hydroxylation sites is 1. The molecule has 5 N–H and O–H groups in total. The lowest BCUT2D eigenvalue weighted by Gasteiger charge is -2.15. The first kappa shape index (κ1) is 18.4. The maximum atomic E-state index is 10.2. The molecule has 0 saturated heterocycles. The van der Waals surface area contributed by atoms with Crippen LogP contribution in [0.1, 0.15) is 13.3 Å². The van der Waals surface area contributed by atoms with Gasteiger partial charge in [-0.15, -0.1) is 0 Å². The summed E-state index contributed by atoms with van der Waals surface area (Å²) in [6.07, 6.45) is -0.567. The summed E-state index contributed by atoms with van der Waals surface area (Å²) < 4.78 is 0. The zero-order valence-corrected chi connectivity index (χ0v) is 9.33. The summed E-state index contributed by atoms with van der Waals surface area (Å²) in [6, 6.07) is 8.71. The lowest BCUT2D eigenvalue weighted by atomic mass is 10.0. The third kappa shape index (κ3) is 8.17. The van der Waals surface area contributed by atoms with Crippen molar-refractivity contribution in [2.45, 2.75) is 18.9 Å². The molecule has 0 heterocycles. The highest BCUT2D eigenvalue weighted by Crippen LogP contribution is 2.04. The standard InChI is InChI=1S/C6H6O.C5H9NO4.BH3/c7-6-4-2-1-3-5-6;1-5(6,4(9)10)2-3(7)8;/h1-5,7H;2,6H2,1H3,(H,7,8)(H,9,10);1H3. The van der Waals surface area contributed by atoms with Gasteiger partial charge in [0.25, 0.3) is 0 Å². The smallest absolute Gasteiger partial charge is 0.323 e. The van der Waals surface area contributed by atoms with E-state index >= 15 is 0 Å². The van der Waals surface area contributed by atoms with Crippen molar-refractivity contribution in [1.82, 2.24) is 0 Å². The van der Waals surface area contributed by atoms with Crippen LogP contribution < -0.4 is 5.73 Å². The Balaban J connectivity index is 0. The van der Waals surface area contributed by atoms with Crippen molar-refractivity contribution < 1.29 is 24.9 Å². The molecule has 18 heavy (non-hydrogen) atoms. The Morgan fingerprint density at radius 1 is 1.22 bits per heavy atom. The third-order valence-electron chi connectivity index (χ3n) is 1.76. The van der Waals surface area contributed by atoms with Crippen LogP contribution in [0.15, 0.2) is 30.3 Å². The average molecular weight is 255 g/mol. The molecule has 0 aromatic heterocycles. The van der Waals surface area contributed by atoms with Crippen LogP contribution in [0, 0.1) is 0 Å². The van der Waals surface area contributed by atoms with Crippen molar-refractivity contribution in [2.24, 2.45) is 5.73 Å². The number of phenolic OH excluding ortho intramolecular Hbond substituents is 1. The van der Waals surface area contributed by atoms with Crippen molar-refractivity contribution in [1.29, 1.82) is 0 Å². The van der Waals surface area contributed by atoms with Gasteiger partial charge in [0.2, 0.25) is 0 Å². The first-order chi connectivity index (χ1) is 7.75. The number of carboxylic acids is 2. The van der Waals surface area contributed by atoms with E-state index < -0.39 is 23.9 Å². The van der Waals surface area contributed by atoms with E-state index in [1.54, 1.807) is 24.3 Å². The molecule has 6 nitrogen and oxygen atoms in total. The number of hydrogen-bond donors (Lipinski definition) is 4. The molecule has 1 aromatic carbocycles. The van der Waals surface area contributed by atoms with Gasteiger partial charge >= 0.3 is 11.9 Å². The zero-order valence-electron chi connectivity index (χ0n) is 9.33. The fraction of sp³-hybridized carbons (Fsp3) is 0.273. The van der Waals surface area contributed by atoms with Gasteiger partial charge in [0.1, 0.15) is 11.3 Å². The van der Waals surface area contributed by atoms with Crippen LogP contribution in [0.4, 0.5) is 0 Å². The second-order valence-corrected chi connectivity index (χ2v) is 3.63. The number of aliphatic carboxylic acids is 2. The maximum absolute atomic E-state index is 10.2. The van der Waals surface area contributed by atoms with Crippen LogP contribution in [0.3, 0.4) is 0 Å². The number of rotatable bonds is 3. The van der Waals surface area contributed by atoms with Crippen molar-refractivity contribution in [3.63, 3.8) is 0 Å². The van der Waals surface area contributed by atoms with Gasteiger partial charge in [-0.1, -0.05) is 18.2 Å². The summed E-state index contributed by atoms with van der Waals surface area (Å²) in [7, 11) is 0. The Kier molecular flexibility index (Phi) is 8.29. The fourth-order valence-corrected chi connectivity index (χ4v) is 0.818. The quantitative estimate of drug-likeness (QED) is 0.539. The Bertz CT molecular complexity index is 380. The number of phenols is 1. The second kappa shape index (κ2) is 8.13. The normalized spacial score (nSPS) is 12.1. The highest BCUT2D eigenvalue weighted by Gasteiger charge is 2.30. The second-order valence-electron chi connectivity index (χ2n) is 3.63.